The van der Waals surface area contributed by atoms with E-state index in [1.807, 2.05) is 0 Å². The van der Waals surface area contributed by atoms with Crippen LogP contribution in [0.5, 0.6) is 0 Å². The topological polar surface area (TPSA) is 34.3 Å². The van der Waals surface area contributed by atoms with E-state index < -0.39 is 0 Å². The molecule has 0 aromatic rings. The Morgan fingerprint density at radius 2 is 1.69 bits per heavy atom. The number of hydrogen-bond donors (Lipinski definition) is 1. The van der Waals surface area contributed by atoms with Crippen LogP contribution >= 0.6 is 12.6 Å². The summed E-state index contributed by atoms with van der Waals surface area (Å²) in [4.78, 5) is 0. The van der Waals surface area contributed by atoms with E-state index in [-0.39, 0.29) is 0 Å². The number of ether oxygens (including phenoxy) is 3. The molecule has 13 heavy (non-hydrogen) atoms. The summed E-state index contributed by atoms with van der Waals surface area (Å²) in [7, 11) is 0. The average Bonchev–Trinajstić information content (AvgIpc) is 2.98. The second-order valence-corrected chi connectivity index (χ2v) is 3.28. The van der Waals surface area contributed by atoms with Crippen LogP contribution in [0, 0.1) is 0 Å². The van der Waals surface area contributed by atoms with E-state index in [4.69, 9.17) is 14.2 Å². The molecule has 2 fully saturated rings. The quantitative estimate of drug-likeness (QED) is 0.410. The number of hydrogen-bond acceptors (Lipinski definition) is 4. The third-order valence-corrected chi connectivity index (χ3v) is 1.80. The summed E-state index contributed by atoms with van der Waals surface area (Å²) < 4.78 is 15.1. The van der Waals surface area contributed by atoms with Crippen LogP contribution in [0.3, 0.4) is 0 Å². The summed E-state index contributed by atoms with van der Waals surface area (Å²) in [5.74, 6) is 0.778. The molecule has 0 aromatic carbocycles. The van der Waals surface area contributed by atoms with Gasteiger partial charge in [-0.15, -0.1) is 6.58 Å². The van der Waals surface area contributed by atoms with Crippen LogP contribution < -0.4 is 0 Å². The predicted octanol–water partition coefficient (Wildman–Crippen LogP) is 0.903. The fraction of sp³-hybridized carbons (Fsp3) is 0.778. The van der Waals surface area contributed by atoms with Gasteiger partial charge in [-0.25, -0.2) is 0 Å². The lowest BCUT2D eigenvalue weighted by molar-refractivity contribution is 0.102. The van der Waals surface area contributed by atoms with E-state index in [9.17, 15) is 0 Å². The van der Waals surface area contributed by atoms with Gasteiger partial charge in [0.15, 0.2) is 0 Å². The molecule has 0 spiro atoms. The van der Waals surface area contributed by atoms with Crippen molar-refractivity contribution in [3.63, 3.8) is 0 Å². The van der Waals surface area contributed by atoms with Crippen molar-refractivity contribution in [2.45, 2.75) is 12.2 Å². The van der Waals surface area contributed by atoms with Gasteiger partial charge in [0.1, 0.15) is 12.2 Å². The molecule has 0 saturated carbocycles. The van der Waals surface area contributed by atoms with E-state index in [0.717, 1.165) is 32.2 Å². The first kappa shape index (κ1) is 11.0. The molecule has 0 aromatic heterocycles. The van der Waals surface area contributed by atoms with Gasteiger partial charge in [0.2, 0.25) is 0 Å². The molecule has 0 aliphatic carbocycles. The molecule has 2 rings (SSSR count). The lowest BCUT2D eigenvalue weighted by Gasteiger charge is -1.95. The zero-order chi connectivity index (χ0) is 9.52. The number of rotatable bonds is 5. The van der Waals surface area contributed by atoms with Crippen LogP contribution in [-0.4, -0.2) is 44.4 Å². The zero-order valence-electron chi connectivity index (χ0n) is 7.65. The summed E-state index contributed by atoms with van der Waals surface area (Å²) in [5, 5.41) is 0. The van der Waals surface area contributed by atoms with E-state index in [1.54, 1.807) is 6.08 Å². The molecule has 2 heterocycles. The van der Waals surface area contributed by atoms with Crippen molar-refractivity contribution in [1.82, 2.24) is 0 Å². The second-order valence-electron chi connectivity index (χ2n) is 2.92. The molecule has 0 bridgehead atoms. The Bertz CT molecular complexity index is 132. The molecule has 0 radical (unpaired) electrons. The number of thiol groups is 1. The molecule has 2 aliphatic heterocycles. The maximum atomic E-state index is 5.23. The van der Waals surface area contributed by atoms with Gasteiger partial charge in [0, 0.05) is 5.75 Å². The van der Waals surface area contributed by atoms with Gasteiger partial charge in [-0.05, 0) is 0 Å². The summed E-state index contributed by atoms with van der Waals surface area (Å²) in [6, 6.07) is 0. The van der Waals surface area contributed by atoms with Crippen molar-refractivity contribution in [2.24, 2.45) is 0 Å². The van der Waals surface area contributed by atoms with Crippen LogP contribution in [0.4, 0.5) is 0 Å². The fourth-order valence-corrected chi connectivity index (χ4v) is 0.659. The number of epoxide rings is 2. The Morgan fingerprint density at radius 3 is 1.92 bits per heavy atom. The highest BCUT2D eigenvalue weighted by molar-refractivity contribution is 7.80. The van der Waals surface area contributed by atoms with Crippen molar-refractivity contribution in [1.29, 1.82) is 0 Å². The molecule has 3 nitrogen and oxygen atoms in total. The molecule has 2 aliphatic rings. The smallest absolute Gasteiger partial charge is 0.104 e. The maximum Gasteiger partial charge on any atom is 0.104 e. The maximum absolute atomic E-state index is 5.23. The van der Waals surface area contributed by atoms with E-state index in [2.05, 4.69) is 19.2 Å². The van der Waals surface area contributed by atoms with Gasteiger partial charge in [0.05, 0.1) is 26.4 Å². The highest BCUT2D eigenvalue weighted by Gasteiger charge is 2.26. The Balaban J connectivity index is 0.000000184. The highest BCUT2D eigenvalue weighted by Crippen LogP contribution is 2.12. The first-order valence-corrected chi connectivity index (χ1v) is 5.02. The Hall–Kier alpha value is -0.0300. The van der Waals surface area contributed by atoms with E-state index in [1.165, 1.54) is 0 Å². The molecule has 4 heteroatoms. The van der Waals surface area contributed by atoms with Gasteiger partial charge >= 0.3 is 0 Å². The first-order valence-electron chi connectivity index (χ1n) is 4.39. The third kappa shape index (κ3) is 7.07. The minimum absolute atomic E-state index is 0.392. The van der Waals surface area contributed by atoms with Gasteiger partial charge in [-0.1, -0.05) is 6.08 Å². The first-order chi connectivity index (χ1) is 6.36. The summed E-state index contributed by atoms with van der Waals surface area (Å²) in [6.07, 6.45) is 2.52. The fourth-order valence-electron chi connectivity index (χ4n) is 0.659. The van der Waals surface area contributed by atoms with Crippen molar-refractivity contribution in [3.8, 4) is 0 Å². The lowest BCUT2D eigenvalue weighted by Crippen LogP contribution is -2.06. The molecule has 2 atom stereocenters. The zero-order valence-corrected chi connectivity index (χ0v) is 8.54. The predicted molar refractivity (Wildman–Crippen MR) is 54.3 cm³/mol. The van der Waals surface area contributed by atoms with E-state index >= 15 is 0 Å². The normalized spacial score (nSPS) is 28.7. The Kier molecular flexibility index (Phi) is 5.46. The molecule has 0 amide bonds. The third-order valence-electron chi connectivity index (χ3n) is 1.54. The van der Waals surface area contributed by atoms with Gasteiger partial charge in [0.25, 0.3) is 0 Å². The minimum atomic E-state index is 0.392. The standard InChI is InChI=1S/C6H10O3.C3H6S/c1(5-3-8-5)7-2-6-4-9-6;1-2-3-4/h5-6H,1-4H2;2,4H,1,3H2. The van der Waals surface area contributed by atoms with Crippen molar-refractivity contribution < 1.29 is 14.2 Å². The Labute approximate surface area is 84.5 Å². The molecule has 76 valence electrons. The van der Waals surface area contributed by atoms with Crippen molar-refractivity contribution in [2.75, 3.05) is 32.2 Å². The van der Waals surface area contributed by atoms with Gasteiger partial charge < -0.3 is 14.2 Å². The lowest BCUT2D eigenvalue weighted by atomic mass is 10.5. The van der Waals surface area contributed by atoms with Crippen LogP contribution in [0.2, 0.25) is 0 Å². The highest BCUT2D eigenvalue weighted by atomic mass is 32.1. The summed E-state index contributed by atoms with van der Waals surface area (Å²) >= 11 is 3.80. The monoisotopic (exact) mass is 204 g/mol. The average molecular weight is 204 g/mol. The van der Waals surface area contributed by atoms with Crippen molar-refractivity contribution >= 4 is 12.6 Å². The minimum Gasteiger partial charge on any atom is -0.376 e. The largest absolute Gasteiger partial charge is 0.376 e. The van der Waals surface area contributed by atoms with Crippen LogP contribution in [0.25, 0.3) is 0 Å². The van der Waals surface area contributed by atoms with Crippen LogP contribution in [0.1, 0.15) is 0 Å². The second kappa shape index (κ2) is 6.43. The van der Waals surface area contributed by atoms with Gasteiger partial charge in [-0.3, -0.25) is 0 Å². The van der Waals surface area contributed by atoms with E-state index in [0.29, 0.717) is 12.2 Å². The molecular formula is C9H16O3S. The van der Waals surface area contributed by atoms with Crippen LogP contribution in [0.15, 0.2) is 12.7 Å². The Morgan fingerprint density at radius 1 is 1.31 bits per heavy atom. The molecular weight excluding hydrogens is 188 g/mol. The SMILES string of the molecule is C(OCC1CO1)C1CO1.C=CCS. The van der Waals surface area contributed by atoms with Gasteiger partial charge in [-0.2, -0.15) is 12.6 Å². The van der Waals surface area contributed by atoms with Crippen LogP contribution in [-0.2, 0) is 14.2 Å². The summed E-state index contributed by atoms with van der Waals surface area (Å²) in [5.41, 5.74) is 0. The van der Waals surface area contributed by atoms with Crippen molar-refractivity contribution in [3.05, 3.63) is 12.7 Å². The molecule has 2 unspecified atom stereocenters. The summed E-state index contributed by atoms with van der Waals surface area (Å²) in [6.45, 7) is 6.66. The molecule has 0 N–H and O–H groups in total. The molecule has 2 saturated heterocycles.